The van der Waals surface area contributed by atoms with E-state index < -0.39 is 12.5 Å². The van der Waals surface area contributed by atoms with Crippen LogP contribution in [0.4, 0.5) is 8.78 Å². The van der Waals surface area contributed by atoms with Gasteiger partial charge in [0, 0.05) is 27.9 Å². The Morgan fingerprint density at radius 1 is 0.912 bits per heavy atom. The first-order valence-corrected chi connectivity index (χ1v) is 10.9. The molecule has 0 atom stereocenters. The number of ether oxygens (including phenoxy) is 1. The lowest BCUT2D eigenvalue weighted by Gasteiger charge is -2.11. The molecule has 7 heteroatoms. The van der Waals surface area contributed by atoms with Gasteiger partial charge in [0.05, 0.1) is 11.0 Å². The van der Waals surface area contributed by atoms with Crippen molar-refractivity contribution in [2.24, 2.45) is 5.73 Å². The van der Waals surface area contributed by atoms with E-state index in [-0.39, 0.29) is 5.75 Å². The summed E-state index contributed by atoms with van der Waals surface area (Å²) in [5.41, 5.74) is 10.6. The fraction of sp³-hybridized carbons (Fsp3) is 0.0741. The number of primary amides is 1. The van der Waals surface area contributed by atoms with E-state index in [9.17, 15) is 13.6 Å². The number of fused-ring (bicyclic) bond motifs is 3. The summed E-state index contributed by atoms with van der Waals surface area (Å²) in [4.78, 5) is 12.2. The predicted molar refractivity (Wildman–Crippen MR) is 131 cm³/mol. The molecular weight excluding hydrogens is 458 g/mol. The van der Waals surface area contributed by atoms with Crippen LogP contribution in [-0.4, -0.2) is 17.1 Å². The van der Waals surface area contributed by atoms with Gasteiger partial charge in [-0.1, -0.05) is 54.1 Å². The van der Waals surface area contributed by atoms with Crippen molar-refractivity contribution in [3.05, 3.63) is 101 Å². The van der Waals surface area contributed by atoms with E-state index in [0.717, 1.165) is 38.5 Å². The molecule has 2 N–H and O–H groups in total. The number of carbonyl (C=O) groups is 1. The van der Waals surface area contributed by atoms with Gasteiger partial charge < -0.3 is 15.0 Å². The molecule has 5 aromatic rings. The van der Waals surface area contributed by atoms with Crippen molar-refractivity contribution in [2.75, 3.05) is 0 Å². The highest BCUT2D eigenvalue weighted by Gasteiger charge is 2.17. The standard InChI is InChI=1S/C27H19ClF2N2O2/c28-19-10-7-17(8-11-19)18-9-12-21-24(14-18)32(23-6-2-5-22(25(21)23)26(31)33)15-16-3-1-4-20(13-16)34-27(29)30/h1-14,27H,15H2,(H2,31,33). The van der Waals surface area contributed by atoms with Crippen LogP contribution < -0.4 is 10.5 Å². The first-order valence-electron chi connectivity index (χ1n) is 10.5. The van der Waals surface area contributed by atoms with Crippen molar-refractivity contribution >= 4 is 39.3 Å². The van der Waals surface area contributed by atoms with E-state index in [4.69, 9.17) is 17.3 Å². The van der Waals surface area contributed by atoms with Crippen LogP contribution in [-0.2, 0) is 6.54 Å². The molecule has 0 saturated heterocycles. The molecule has 1 heterocycles. The van der Waals surface area contributed by atoms with Crippen molar-refractivity contribution in [3.63, 3.8) is 0 Å². The highest BCUT2D eigenvalue weighted by atomic mass is 35.5. The average Bonchev–Trinajstić information content (AvgIpc) is 3.12. The van der Waals surface area contributed by atoms with E-state index in [1.807, 2.05) is 54.6 Å². The van der Waals surface area contributed by atoms with E-state index in [1.165, 1.54) is 6.07 Å². The Morgan fingerprint density at radius 3 is 2.38 bits per heavy atom. The molecule has 34 heavy (non-hydrogen) atoms. The van der Waals surface area contributed by atoms with Gasteiger partial charge >= 0.3 is 6.61 Å². The third-order valence-electron chi connectivity index (χ3n) is 5.80. The number of aromatic nitrogens is 1. The van der Waals surface area contributed by atoms with Gasteiger partial charge in [-0.15, -0.1) is 0 Å². The van der Waals surface area contributed by atoms with Gasteiger partial charge in [-0.25, -0.2) is 0 Å². The summed E-state index contributed by atoms with van der Waals surface area (Å²) in [6.45, 7) is -2.52. The summed E-state index contributed by atoms with van der Waals surface area (Å²) in [6, 6.07) is 25.6. The molecule has 0 aliphatic carbocycles. The van der Waals surface area contributed by atoms with Gasteiger partial charge in [-0.05, 0) is 59.2 Å². The topological polar surface area (TPSA) is 57.2 Å². The summed E-state index contributed by atoms with van der Waals surface area (Å²) in [7, 11) is 0. The smallest absolute Gasteiger partial charge is 0.387 e. The fourth-order valence-electron chi connectivity index (χ4n) is 4.34. The Hall–Kier alpha value is -3.90. The van der Waals surface area contributed by atoms with E-state index >= 15 is 0 Å². The largest absolute Gasteiger partial charge is 0.435 e. The van der Waals surface area contributed by atoms with Crippen LogP contribution in [0.2, 0.25) is 5.02 Å². The molecule has 1 amide bonds. The van der Waals surface area contributed by atoms with Crippen LogP contribution in [0.5, 0.6) is 5.75 Å². The van der Waals surface area contributed by atoms with E-state index in [0.29, 0.717) is 17.1 Å². The van der Waals surface area contributed by atoms with Crippen molar-refractivity contribution < 1.29 is 18.3 Å². The quantitative estimate of drug-likeness (QED) is 0.291. The molecule has 170 valence electrons. The van der Waals surface area contributed by atoms with Crippen molar-refractivity contribution in [2.45, 2.75) is 13.2 Å². The zero-order valence-electron chi connectivity index (χ0n) is 17.8. The minimum Gasteiger partial charge on any atom is -0.435 e. The Balaban J connectivity index is 1.72. The molecule has 5 rings (SSSR count). The van der Waals surface area contributed by atoms with Gasteiger partial charge in [-0.2, -0.15) is 8.78 Å². The van der Waals surface area contributed by atoms with Gasteiger partial charge in [0.1, 0.15) is 5.75 Å². The van der Waals surface area contributed by atoms with Crippen LogP contribution in [0.25, 0.3) is 32.9 Å². The third-order valence-corrected chi connectivity index (χ3v) is 6.05. The fourth-order valence-corrected chi connectivity index (χ4v) is 4.47. The molecule has 4 nitrogen and oxygen atoms in total. The van der Waals surface area contributed by atoms with Gasteiger partial charge in [0.25, 0.3) is 0 Å². The first-order chi connectivity index (χ1) is 16.4. The molecule has 0 aliphatic heterocycles. The molecular formula is C27H19ClF2N2O2. The number of amides is 1. The molecule has 4 aromatic carbocycles. The lowest BCUT2D eigenvalue weighted by Crippen LogP contribution is -2.11. The number of halogens is 3. The molecule has 0 aliphatic rings. The minimum atomic E-state index is -2.90. The summed E-state index contributed by atoms with van der Waals surface area (Å²) in [5, 5.41) is 2.28. The molecule has 0 unspecified atom stereocenters. The maximum Gasteiger partial charge on any atom is 0.387 e. The number of rotatable bonds is 6. The Morgan fingerprint density at radius 2 is 1.65 bits per heavy atom. The maximum absolute atomic E-state index is 12.7. The van der Waals surface area contributed by atoms with Crippen LogP contribution in [0.3, 0.4) is 0 Å². The number of alkyl halides is 2. The summed E-state index contributed by atoms with van der Waals surface area (Å²) < 4.78 is 32.1. The average molecular weight is 477 g/mol. The lowest BCUT2D eigenvalue weighted by molar-refractivity contribution is -0.0498. The maximum atomic E-state index is 12.7. The zero-order chi connectivity index (χ0) is 23.8. The normalized spacial score (nSPS) is 11.4. The summed E-state index contributed by atoms with van der Waals surface area (Å²) in [6.07, 6.45) is 0. The number of benzene rings is 4. The van der Waals surface area contributed by atoms with Crippen LogP contribution in [0.15, 0.2) is 84.9 Å². The van der Waals surface area contributed by atoms with Crippen LogP contribution in [0.1, 0.15) is 15.9 Å². The lowest BCUT2D eigenvalue weighted by atomic mass is 10.0. The van der Waals surface area contributed by atoms with Crippen LogP contribution in [0, 0.1) is 0 Å². The molecule has 0 radical (unpaired) electrons. The van der Waals surface area contributed by atoms with Crippen molar-refractivity contribution in [1.82, 2.24) is 4.57 Å². The Bertz CT molecular complexity index is 1530. The number of hydrogen-bond acceptors (Lipinski definition) is 2. The second kappa shape index (κ2) is 8.80. The van der Waals surface area contributed by atoms with E-state index in [1.54, 1.807) is 24.3 Å². The highest BCUT2D eigenvalue weighted by Crippen LogP contribution is 2.35. The second-order valence-corrected chi connectivity index (χ2v) is 8.35. The van der Waals surface area contributed by atoms with E-state index in [2.05, 4.69) is 9.30 Å². The number of carbonyl (C=O) groups excluding carboxylic acids is 1. The molecule has 0 fully saturated rings. The van der Waals surface area contributed by atoms with Crippen molar-refractivity contribution in [3.8, 4) is 16.9 Å². The summed E-state index contributed by atoms with van der Waals surface area (Å²) >= 11 is 6.05. The number of hydrogen-bond donors (Lipinski definition) is 1. The van der Waals surface area contributed by atoms with Crippen molar-refractivity contribution in [1.29, 1.82) is 0 Å². The van der Waals surface area contributed by atoms with Gasteiger partial charge in [0.2, 0.25) is 5.91 Å². The first kappa shape index (κ1) is 21.9. The van der Waals surface area contributed by atoms with Gasteiger partial charge in [-0.3, -0.25) is 4.79 Å². The summed E-state index contributed by atoms with van der Waals surface area (Å²) in [5.74, 6) is -0.424. The highest BCUT2D eigenvalue weighted by molar-refractivity contribution is 6.30. The Kier molecular flexibility index (Phi) is 5.67. The SMILES string of the molecule is NC(=O)c1cccc2c1c1ccc(-c3ccc(Cl)cc3)cc1n2Cc1cccc(OC(F)F)c1. The van der Waals surface area contributed by atoms with Gasteiger partial charge in [0.15, 0.2) is 0 Å². The predicted octanol–water partition coefficient (Wildman–Crippen LogP) is 6.86. The molecule has 0 bridgehead atoms. The minimum absolute atomic E-state index is 0.0907. The number of nitrogens with two attached hydrogens (primary N) is 1. The Labute approximate surface area is 199 Å². The molecule has 1 aromatic heterocycles. The monoisotopic (exact) mass is 476 g/mol. The number of nitrogens with zero attached hydrogens (tertiary/aromatic N) is 1. The molecule has 0 spiro atoms. The second-order valence-electron chi connectivity index (χ2n) is 7.91. The zero-order valence-corrected chi connectivity index (χ0v) is 18.6. The molecule has 0 saturated carbocycles. The van der Waals surface area contributed by atoms with Crippen LogP contribution >= 0.6 is 11.6 Å². The third kappa shape index (κ3) is 4.08.